The average molecular weight is 374 g/mol. The molecule has 0 aromatic heterocycles. The van der Waals surface area contributed by atoms with Gasteiger partial charge in [0.1, 0.15) is 12.4 Å². The fraction of sp³-hybridized carbons (Fsp3) is 0.0526. The minimum atomic E-state index is -3.76. The number of benzene rings is 3. The van der Waals surface area contributed by atoms with E-state index in [1.807, 2.05) is 30.3 Å². The van der Waals surface area contributed by atoms with E-state index in [1.165, 1.54) is 24.3 Å². The van der Waals surface area contributed by atoms with Gasteiger partial charge in [0.2, 0.25) is 9.84 Å². The van der Waals surface area contributed by atoms with Crippen LogP contribution in [0.4, 0.5) is 5.69 Å². The van der Waals surface area contributed by atoms with Crippen LogP contribution in [-0.2, 0) is 16.4 Å². The highest BCUT2D eigenvalue weighted by molar-refractivity contribution is 7.91. The van der Waals surface area contributed by atoms with Crippen molar-refractivity contribution >= 4 is 27.1 Å². The summed E-state index contributed by atoms with van der Waals surface area (Å²) in [5.74, 6) is 0.317. The van der Waals surface area contributed by atoms with Crippen LogP contribution in [-0.4, -0.2) is 8.42 Å². The van der Waals surface area contributed by atoms with Gasteiger partial charge < -0.3 is 10.5 Å². The van der Waals surface area contributed by atoms with E-state index < -0.39 is 9.84 Å². The highest BCUT2D eigenvalue weighted by atomic mass is 35.5. The van der Waals surface area contributed by atoms with Gasteiger partial charge in [-0.3, -0.25) is 0 Å². The van der Waals surface area contributed by atoms with Crippen molar-refractivity contribution in [2.75, 3.05) is 5.73 Å². The molecule has 3 aromatic carbocycles. The van der Waals surface area contributed by atoms with Crippen LogP contribution in [0.15, 0.2) is 82.6 Å². The third-order valence-corrected chi connectivity index (χ3v) is 5.91. The molecule has 6 heteroatoms. The maximum absolute atomic E-state index is 12.8. The molecule has 0 amide bonds. The molecule has 2 N–H and O–H groups in total. The summed E-state index contributed by atoms with van der Waals surface area (Å²) in [5.41, 5.74) is 7.25. The van der Waals surface area contributed by atoms with Crippen molar-refractivity contribution in [1.82, 2.24) is 0 Å². The Kier molecular flexibility index (Phi) is 4.97. The molecule has 0 aliphatic heterocycles. The second-order valence-electron chi connectivity index (χ2n) is 5.41. The summed E-state index contributed by atoms with van der Waals surface area (Å²) in [6, 6.07) is 20.3. The van der Waals surface area contributed by atoms with Gasteiger partial charge in [-0.25, -0.2) is 8.42 Å². The minimum Gasteiger partial charge on any atom is -0.487 e. The molecule has 0 atom stereocenters. The molecule has 0 unspecified atom stereocenters. The predicted octanol–water partition coefficient (Wildman–Crippen LogP) is 4.33. The number of ether oxygens (including phenoxy) is 1. The van der Waals surface area contributed by atoms with E-state index in [1.54, 1.807) is 18.2 Å². The average Bonchev–Trinajstić information content (AvgIpc) is 2.62. The topological polar surface area (TPSA) is 69.4 Å². The van der Waals surface area contributed by atoms with Crippen LogP contribution in [0.5, 0.6) is 5.75 Å². The first-order valence-electron chi connectivity index (χ1n) is 7.54. The largest absolute Gasteiger partial charge is 0.487 e. The molecule has 128 valence electrons. The Morgan fingerprint density at radius 2 is 1.60 bits per heavy atom. The highest BCUT2D eigenvalue weighted by Gasteiger charge is 2.21. The Bertz CT molecular complexity index is 989. The van der Waals surface area contributed by atoms with Crippen molar-refractivity contribution in [3.63, 3.8) is 0 Å². The Morgan fingerprint density at radius 3 is 2.32 bits per heavy atom. The molecule has 0 saturated heterocycles. The Hall–Kier alpha value is -2.50. The zero-order valence-corrected chi connectivity index (χ0v) is 14.8. The van der Waals surface area contributed by atoms with Gasteiger partial charge in [-0.05, 0) is 29.8 Å². The zero-order chi connectivity index (χ0) is 17.9. The Balaban J connectivity index is 1.92. The summed E-state index contributed by atoms with van der Waals surface area (Å²) in [6.45, 7) is 0.292. The number of hydrogen-bond acceptors (Lipinski definition) is 4. The lowest BCUT2D eigenvalue weighted by Gasteiger charge is -2.12. The molecule has 0 aliphatic rings. The summed E-state index contributed by atoms with van der Waals surface area (Å²) in [6.07, 6.45) is 0. The summed E-state index contributed by atoms with van der Waals surface area (Å²) >= 11 is 6.04. The first-order valence-corrected chi connectivity index (χ1v) is 9.40. The van der Waals surface area contributed by atoms with Gasteiger partial charge in [0.05, 0.1) is 20.5 Å². The van der Waals surface area contributed by atoms with Crippen LogP contribution in [0.2, 0.25) is 5.02 Å². The molecule has 3 rings (SSSR count). The number of hydrogen-bond donors (Lipinski definition) is 1. The molecular formula is C19H16ClNO3S. The van der Waals surface area contributed by atoms with Crippen LogP contribution >= 0.6 is 11.6 Å². The van der Waals surface area contributed by atoms with Gasteiger partial charge in [-0.2, -0.15) is 0 Å². The first-order chi connectivity index (χ1) is 12.0. The fourth-order valence-corrected chi connectivity index (χ4v) is 4.12. The highest BCUT2D eigenvalue weighted by Crippen LogP contribution is 2.32. The van der Waals surface area contributed by atoms with Crippen molar-refractivity contribution in [2.24, 2.45) is 0 Å². The summed E-state index contributed by atoms with van der Waals surface area (Å²) < 4.78 is 31.3. The van der Waals surface area contributed by atoms with Crippen LogP contribution in [0.25, 0.3) is 0 Å². The summed E-state index contributed by atoms with van der Waals surface area (Å²) in [4.78, 5) is 0.133. The van der Waals surface area contributed by atoms with Crippen LogP contribution in [0.3, 0.4) is 0 Å². The number of rotatable bonds is 5. The van der Waals surface area contributed by atoms with E-state index in [4.69, 9.17) is 22.1 Å². The van der Waals surface area contributed by atoms with Crippen molar-refractivity contribution in [2.45, 2.75) is 16.4 Å². The molecule has 0 spiro atoms. The standard InChI is InChI=1S/C19H16ClNO3S/c20-16-8-4-5-9-19(16)25(22,23)15-10-11-17(21)18(12-15)24-13-14-6-2-1-3-7-14/h1-12H,13,21H2. The van der Waals surface area contributed by atoms with E-state index in [9.17, 15) is 8.42 Å². The Morgan fingerprint density at radius 1 is 0.920 bits per heavy atom. The van der Waals surface area contributed by atoms with Crippen molar-refractivity contribution in [3.8, 4) is 5.75 Å². The first kappa shape index (κ1) is 17.3. The molecule has 25 heavy (non-hydrogen) atoms. The van der Waals surface area contributed by atoms with Gasteiger partial charge in [-0.1, -0.05) is 54.1 Å². The zero-order valence-electron chi connectivity index (χ0n) is 13.2. The number of halogens is 1. The maximum Gasteiger partial charge on any atom is 0.208 e. The third-order valence-electron chi connectivity index (χ3n) is 3.66. The monoisotopic (exact) mass is 373 g/mol. The quantitative estimate of drug-likeness (QED) is 0.675. The number of nitrogen functional groups attached to an aromatic ring is 1. The second-order valence-corrected chi connectivity index (χ2v) is 7.73. The molecular weight excluding hydrogens is 358 g/mol. The Labute approximate surface area is 151 Å². The lowest BCUT2D eigenvalue weighted by molar-refractivity contribution is 0.307. The van der Waals surface area contributed by atoms with E-state index in [0.717, 1.165) is 5.56 Å². The van der Waals surface area contributed by atoms with Crippen molar-refractivity contribution < 1.29 is 13.2 Å². The van der Waals surface area contributed by atoms with Gasteiger partial charge >= 0.3 is 0 Å². The van der Waals surface area contributed by atoms with Gasteiger partial charge in [-0.15, -0.1) is 0 Å². The second kappa shape index (κ2) is 7.17. The van der Waals surface area contributed by atoms with E-state index in [2.05, 4.69) is 0 Å². The lowest BCUT2D eigenvalue weighted by atomic mass is 10.2. The normalized spacial score (nSPS) is 11.2. The molecule has 0 saturated carbocycles. The van der Waals surface area contributed by atoms with Crippen LogP contribution in [0.1, 0.15) is 5.56 Å². The molecule has 0 fully saturated rings. The van der Waals surface area contributed by atoms with Gasteiger partial charge in [0.25, 0.3) is 0 Å². The van der Waals surface area contributed by atoms with Crippen molar-refractivity contribution in [3.05, 3.63) is 83.4 Å². The van der Waals surface area contributed by atoms with Gasteiger partial charge in [0, 0.05) is 6.07 Å². The summed E-state index contributed by atoms with van der Waals surface area (Å²) in [5, 5.41) is 0.172. The molecule has 0 radical (unpaired) electrons. The van der Waals surface area contributed by atoms with E-state index in [-0.39, 0.29) is 14.8 Å². The minimum absolute atomic E-state index is 0.0513. The number of anilines is 1. The molecule has 0 bridgehead atoms. The summed E-state index contributed by atoms with van der Waals surface area (Å²) in [7, 11) is -3.76. The van der Waals surface area contributed by atoms with Crippen molar-refractivity contribution in [1.29, 1.82) is 0 Å². The molecule has 0 heterocycles. The number of sulfone groups is 1. The smallest absolute Gasteiger partial charge is 0.208 e. The van der Waals surface area contributed by atoms with Crippen LogP contribution < -0.4 is 10.5 Å². The maximum atomic E-state index is 12.8. The SMILES string of the molecule is Nc1ccc(S(=O)(=O)c2ccccc2Cl)cc1OCc1ccccc1. The molecule has 0 aliphatic carbocycles. The van der Waals surface area contributed by atoms with Gasteiger partial charge in [0.15, 0.2) is 0 Å². The molecule has 3 aromatic rings. The predicted molar refractivity (Wildman–Crippen MR) is 98.5 cm³/mol. The number of nitrogens with two attached hydrogens (primary N) is 1. The fourth-order valence-electron chi connectivity index (χ4n) is 2.33. The lowest BCUT2D eigenvalue weighted by Crippen LogP contribution is -2.05. The molecule has 4 nitrogen and oxygen atoms in total. The third kappa shape index (κ3) is 3.78. The van der Waals surface area contributed by atoms with Crippen LogP contribution in [0, 0.1) is 0 Å². The van der Waals surface area contributed by atoms with E-state index in [0.29, 0.717) is 18.0 Å². The van der Waals surface area contributed by atoms with E-state index >= 15 is 0 Å².